The molecule has 0 amide bonds. The number of aliphatic hydroxyl groups is 1. The van der Waals surface area contributed by atoms with Crippen LogP contribution in [0.25, 0.3) is 22.6 Å². The first kappa shape index (κ1) is 22.2. The van der Waals surface area contributed by atoms with Crippen molar-refractivity contribution in [2.24, 2.45) is 5.41 Å². The largest absolute Gasteiger partial charge is 0.467 e. The molecule has 0 radical (unpaired) electrons. The Morgan fingerprint density at radius 2 is 1.94 bits per heavy atom. The maximum Gasteiger partial charge on any atom is 0.223 e. The van der Waals surface area contributed by atoms with Gasteiger partial charge in [0.15, 0.2) is 5.82 Å². The van der Waals surface area contributed by atoms with E-state index in [1.54, 1.807) is 30.7 Å². The van der Waals surface area contributed by atoms with Crippen molar-refractivity contribution in [3.05, 3.63) is 72.3 Å². The Morgan fingerprint density at radius 1 is 1.15 bits per heavy atom. The third kappa shape index (κ3) is 4.69. The van der Waals surface area contributed by atoms with Crippen LogP contribution in [0.3, 0.4) is 0 Å². The van der Waals surface area contributed by atoms with Crippen LogP contribution in [0.2, 0.25) is 0 Å². The number of hydrogen-bond donors (Lipinski definition) is 3. The highest BCUT2D eigenvalue weighted by atomic mass is 19.1. The number of hydrogen-bond acceptors (Lipinski definition) is 8. The van der Waals surface area contributed by atoms with E-state index in [0.29, 0.717) is 54.2 Å². The smallest absolute Gasteiger partial charge is 0.223 e. The van der Waals surface area contributed by atoms with Gasteiger partial charge >= 0.3 is 0 Å². The fourth-order valence-corrected chi connectivity index (χ4v) is 3.56. The van der Waals surface area contributed by atoms with Gasteiger partial charge in [-0.3, -0.25) is 0 Å². The normalized spacial score (nSPS) is 20.4. The number of nitrogens with zero attached hydrogens (tertiary/aromatic N) is 3. The number of aromatic nitrogens is 4. The number of furan rings is 1. The van der Waals surface area contributed by atoms with Gasteiger partial charge in [-0.1, -0.05) is 6.92 Å². The van der Waals surface area contributed by atoms with Crippen molar-refractivity contribution < 1.29 is 23.4 Å². The summed E-state index contributed by atoms with van der Waals surface area (Å²) in [5.74, 6) is 1.29. The number of nitrogens with one attached hydrogen (secondary N) is 2. The molecule has 4 heterocycles. The Bertz CT molecular complexity index is 1230. The van der Waals surface area contributed by atoms with Crippen molar-refractivity contribution in [1.82, 2.24) is 19.9 Å². The van der Waals surface area contributed by atoms with E-state index in [1.807, 2.05) is 19.1 Å². The Labute approximate surface area is 195 Å². The van der Waals surface area contributed by atoms with E-state index < -0.39 is 11.7 Å². The topological polar surface area (TPSA) is 118 Å². The standard InChI is InChI=1S/C24H24FN5O4/c1-24(12-31)13-33-22(34-14-24)21-29-19(15-4-6-16(25)7-5-15)20(30-21)18-8-9-26-23(28-18)27-11-17-3-2-10-32-17/h2-10,22,31H,11-14H2,1H3,(H,29,30)(H,26,27,28). The first-order valence-electron chi connectivity index (χ1n) is 10.8. The minimum absolute atomic E-state index is 0.0430. The van der Waals surface area contributed by atoms with Crippen LogP contribution in [0.15, 0.2) is 59.3 Å². The number of halogens is 1. The van der Waals surface area contributed by atoms with E-state index in [1.165, 1.54) is 12.1 Å². The van der Waals surface area contributed by atoms with Gasteiger partial charge in [0.2, 0.25) is 12.2 Å². The molecular weight excluding hydrogens is 441 g/mol. The summed E-state index contributed by atoms with van der Waals surface area (Å²) in [4.78, 5) is 16.9. The van der Waals surface area contributed by atoms with E-state index in [2.05, 4.69) is 20.3 Å². The van der Waals surface area contributed by atoms with Crippen LogP contribution in [-0.2, 0) is 16.0 Å². The van der Waals surface area contributed by atoms with Crippen LogP contribution in [0.1, 0.15) is 24.8 Å². The Hall–Kier alpha value is -3.60. The summed E-state index contributed by atoms with van der Waals surface area (Å²) < 4.78 is 30.6. The second-order valence-electron chi connectivity index (χ2n) is 8.47. The van der Waals surface area contributed by atoms with E-state index in [9.17, 15) is 9.50 Å². The van der Waals surface area contributed by atoms with E-state index in [4.69, 9.17) is 18.9 Å². The van der Waals surface area contributed by atoms with Crippen molar-refractivity contribution in [2.75, 3.05) is 25.1 Å². The van der Waals surface area contributed by atoms with Crippen molar-refractivity contribution in [2.45, 2.75) is 19.8 Å². The first-order chi connectivity index (χ1) is 16.5. The van der Waals surface area contributed by atoms with Gasteiger partial charge in [0, 0.05) is 17.2 Å². The lowest BCUT2D eigenvalue weighted by Gasteiger charge is -2.35. The van der Waals surface area contributed by atoms with Crippen LogP contribution < -0.4 is 5.32 Å². The monoisotopic (exact) mass is 465 g/mol. The van der Waals surface area contributed by atoms with Gasteiger partial charge < -0.3 is 29.3 Å². The summed E-state index contributed by atoms with van der Waals surface area (Å²) in [6.07, 6.45) is 2.52. The molecule has 0 bridgehead atoms. The predicted molar refractivity (Wildman–Crippen MR) is 121 cm³/mol. The van der Waals surface area contributed by atoms with Crippen molar-refractivity contribution in [3.8, 4) is 22.6 Å². The zero-order valence-electron chi connectivity index (χ0n) is 18.5. The summed E-state index contributed by atoms with van der Waals surface area (Å²) in [6, 6.07) is 11.5. The van der Waals surface area contributed by atoms with Crippen LogP contribution >= 0.6 is 0 Å². The zero-order valence-corrected chi connectivity index (χ0v) is 18.5. The molecule has 4 aromatic rings. The van der Waals surface area contributed by atoms with Gasteiger partial charge in [-0.2, -0.15) is 0 Å². The predicted octanol–water partition coefficient (Wildman–Crippen LogP) is 3.92. The molecule has 1 aliphatic heterocycles. The zero-order chi connectivity index (χ0) is 23.5. The van der Waals surface area contributed by atoms with Crippen LogP contribution in [-0.4, -0.2) is 44.9 Å². The van der Waals surface area contributed by atoms with Gasteiger partial charge in [-0.05, 0) is 42.5 Å². The number of aliphatic hydroxyl groups excluding tert-OH is 1. The maximum absolute atomic E-state index is 13.6. The molecule has 1 fully saturated rings. The number of anilines is 1. The fraction of sp³-hybridized carbons (Fsp3) is 0.292. The lowest BCUT2D eigenvalue weighted by atomic mass is 9.94. The van der Waals surface area contributed by atoms with E-state index in [-0.39, 0.29) is 12.4 Å². The number of H-pyrrole nitrogens is 1. The average molecular weight is 465 g/mol. The van der Waals surface area contributed by atoms with Crippen LogP contribution in [0.4, 0.5) is 10.3 Å². The summed E-state index contributed by atoms with van der Waals surface area (Å²) in [6.45, 7) is 2.93. The van der Waals surface area contributed by atoms with Gasteiger partial charge in [-0.15, -0.1) is 0 Å². The van der Waals surface area contributed by atoms with Gasteiger partial charge in [0.1, 0.15) is 11.6 Å². The fourth-order valence-electron chi connectivity index (χ4n) is 3.56. The summed E-state index contributed by atoms with van der Waals surface area (Å²) in [5, 5.41) is 12.7. The molecule has 1 saturated heterocycles. The molecule has 1 aliphatic rings. The van der Waals surface area contributed by atoms with Crippen LogP contribution in [0, 0.1) is 11.2 Å². The molecule has 10 heteroatoms. The molecule has 0 saturated carbocycles. The van der Waals surface area contributed by atoms with Crippen molar-refractivity contribution >= 4 is 5.95 Å². The lowest BCUT2D eigenvalue weighted by molar-refractivity contribution is -0.239. The molecular formula is C24H24FN5O4. The van der Waals surface area contributed by atoms with E-state index in [0.717, 1.165) is 5.76 Å². The summed E-state index contributed by atoms with van der Waals surface area (Å²) in [5.41, 5.74) is 2.03. The molecule has 1 aromatic carbocycles. The van der Waals surface area contributed by atoms with Crippen molar-refractivity contribution in [1.29, 1.82) is 0 Å². The third-order valence-electron chi connectivity index (χ3n) is 5.52. The quantitative estimate of drug-likeness (QED) is 0.376. The van der Waals surface area contributed by atoms with Crippen molar-refractivity contribution in [3.63, 3.8) is 0 Å². The maximum atomic E-state index is 13.6. The third-order valence-corrected chi connectivity index (χ3v) is 5.52. The Morgan fingerprint density at radius 3 is 2.65 bits per heavy atom. The second kappa shape index (κ2) is 9.34. The highest BCUT2D eigenvalue weighted by Gasteiger charge is 2.34. The highest BCUT2D eigenvalue weighted by molar-refractivity contribution is 5.77. The van der Waals surface area contributed by atoms with Gasteiger partial charge in [0.25, 0.3) is 0 Å². The molecule has 5 rings (SSSR count). The van der Waals surface area contributed by atoms with Gasteiger partial charge in [0.05, 0.1) is 49.7 Å². The van der Waals surface area contributed by atoms with Gasteiger partial charge in [-0.25, -0.2) is 19.3 Å². The summed E-state index contributed by atoms with van der Waals surface area (Å²) >= 11 is 0. The molecule has 0 aliphatic carbocycles. The average Bonchev–Trinajstić information content (AvgIpc) is 3.55. The Balaban J connectivity index is 1.47. The minimum Gasteiger partial charge on any atom is -0.467 e. The second-order valence-corrected chi connectivity index (χ2v) is 8.47. The summed E-state index contributed by atoms with van der Waals surface area (Å²) in [7, 11) is 0. The SMILES string of the molecule is CC1(CO)COC(c2nc(-c3ccc(F)cc3)c(-c3ccnc(NCc4ccco4)n3)[nH]2)OC1. The molecule has 9 nitrogen and oxygen atoms in total. The first-order valence-corrected chi connectivity index (χ1v) is 10.8. The number of benzene rings is 1. The molecule has 0 atom stereocenters. The Kier molecular flexibility index (Phi) is 6.10. The van der Waals surface area contributed by atoms with Crippen LogP contribution in [0.5, 0.6) is 0 Å². The number of imidazole rings is 1. The molecule has 34 heavy (non-hydrogen) atoms. The number of ether oxygens (including phenoxy) is 2. The molecule has 3 aromatic heterocycles. The molecule has 176 valence electrons. The number of rotatable bonds is 7. The number of aromatic amines is 1. The lowest BCUT2D eigenvalue weighted by Crippen LogP contribution is -2.39. The molecule has 3 N–H and O–H groups in total. The van der Waals surface area contributed by atoms with E-state index >= 15 is 0 Å². The highest BCUT2D eigenvalue weighted by Crippen LogP contribution is 2.35. The molecule has 0 unspecified atom stereocenters. The molecule has 0 spiro atoms. The minimum atomic E-state index is -0.731.